The minimum absolute atomic E-state index is 0.0650. The van der Waals surface area contributed by atoms with Gasteiger partial charge in [0, 0.05) is 11.3 Å². The van der Waals surface area contributed by atoms with Gasteiger partial charge in [0.1, 0.15) is 0 Å². The summed E-state index contributed by atoms with van der Waals surface area (Å²) in [7, 11) is 1.32. The fourth-order valence-electron chi connectivity index (χ4n) is 0.893. The minimum Gasteiger partial charge on any atom is -0.468 e. The number of ether oxygens (including phenoxy) is 1. The minimum atomic E-state index is -0.501. The zero-order valence-electron chi connectivity index (χ0n) is 11.2. The summed E-state index contributed by atoms with van der Waals surface area (Å²) in [5.41, 5.74) is 0. The van der Waals surface area contributed by atoms with E-state index in [0.29, 0.717) is 0 Å². The van der Waals surface area contributed by atoms with Crippen molar-refractivity contribution >= 4 is 41.3 Å². The van der Waals surface area contributed by atoms with E-state index in [0.717, 1.165) is 4.90 Å². The van der Waals surface area contributed by atoms with E-state index in [1.165, 1.54) is 19.1 Å². The van der Waals surface area contributed by atoms with E-state index < -0.39 is 6.03 Å². The highest BCUT2D eigenvalue weighted by molar-refractivity contribution is 7.98. The second kappa shape index (κ2) is 8.15. The number of hydrogen-bond acceptors (Lipinski definition) is 5. The molecular formula is C10H20N4O2S2. The maximum Gasteiger partial charge on any atom is 0.341 e. The Morgan fingerprint density at radius 3 is 2.33 bits per heavy atom. The Hall–Kier alpha value is -1.02. The first kappa shape index (κ1) is 17.0. The third-order valence-corrected chi connectivity index (χ3v) is 2.66. The zero-order chi connectivity index (χ0) is 14.3. The Morgan fingerprint density at radius 2 is 1.94 bits per heavy atom. The SMILES string of the molecule is COC(=N)N(C(=O)NSC(C)C)C(=S)NC(C)C. The highest BCUT2D eigenvalue weighted by Gasteiger charge is 2.24. The van der Waals surface area contributed by atoms with E-state index in [2.05, 4.69) is 10.0 Å². The van der Waals surface area contributed by atoms with Crippen molar-refractivity contribution in [2.75, 3.05) is 7.11 Å². The molecule has 2 amide bonds. The zero-order valence-corrected chi connectivity index (χ0v) is 12.9. The van der Waals surface area contributed by atoms with Crippen LogP contribution in [0.3, 0.4) is 0 Å². The number of nitrogens with one attached hydrogen (secondary N) is 3. The molecule has 6 nitrogen and oxygen atoms in total. The lowest BCUT2D eigenvalue weighted by Crippen LogP contribution is -2.52. The highest BCUT2D eigenvalue weighted by atomic mass is 32.2. The number of carbonyl (C=O) groups excluding carboxylic acids is 1. The van der Waals surface area contributed by atoms with Crippen LogP contribution in [-0.2, 0) is 4.74 Å². The van der Waals surface area contributed by atoms with Gasteiger partial charge in [-0.15, -0.1) is 0 Å². The molecule has 0 saturated heterocycles. The topological polar surface area (TPSA) is 77.5 Å². The third-order valence-electron chi connectivity index (χ3n) is 1.60. The Labute approximate surface area is 117 Å². The van der Waals surface area contributed by atoms with Crippen molar-refractivity contribution < 1.29 is 9.53 Å². The number of thiocarbonyl (C=S) groups is 1. The lowest BCUT2D eigenvalue weighted by Gasteiger charge is -2.24. The first-order valence-corrected chi connectivity index (χ1v) is 6.77. The number of amidine groups is 1. The van der Waals surface area contributed by atoms with Crippen LogP contribution in [0.5, 0.6) is 0 Å². The normalized spacial score (nSPS) is 10.2. The van der Waals surface area contributed by atoms with E-state index in [-0.39, 0.29) is 22.4 Å². The molecule has 0 aliphatic rings. The van der Waals surface area contributed by atoms with Gasteiger partial charge in [0.2, 0.25) is 0 Å². The van der Waals surface area contributed by atoms with Gasteiger partial charge < -0.3 is 10.1 Å². The molecule has 0 aromatic carbocycles. The molecule has 18 heavy (non-hydrogen) atoms. The fraction of sp³-hybridized carbons (Fsp3) is 0.700. The van der Waals surface area contributed by atoms with Crippen LogP contribution in [0.25, 0.3) is 0 Å². The molecule has 0 aromatic heterocycles. The monoisotopic (exact) mass is 292 g/mol. The largest absolute Gasteiger partial charge is 0.468 e. The van der Waals surface area contributed by atoms with Crippen molar-refractivity contribution in [2.24, 2.45) is 0 Å². The van der Waals surface area contributed by atoms with Gasteiger partial charge in [-0.3, -0.25) is 10.1 Å². The summed E-state index contributed by atoms with van der Waals surface area (Å²) in [4.78, 5) is 12.9. The Morgan fingerprint density at radius 1 is 1.39 bits per heavy atom. The number of nitrogens with zero attached hydrogens (tertiary/aromatic N) is 1. The maximum absolute atomic E-state index is 11.9. The van der Waals surface area contributed by atoms with Crippen LogP contribution in [0.4, 0.5) is 4.79 Å². The standard InChI is InChI=1S/C10H20N4O2S2/c1-6(2)12-10(17)14(8(11)16-5)9(15)13-18-7(3)4/h6-7,11H,1-5H3,(H,12,17)(H,13,15). The number of rotatable bonds is 3. The van der Waals surface area contributed by atoms with Gasteiger partial charge in [-0.25, -0.2) is 4.79 Å². The van der Waals surface area contributed by atoms with Crippen LogP contribution in [0.15, 0.2) is 0 Å². The Kier molecular flexibility index (Phi) is 7.69. The quantitative estimate of drug-likeness (QED) is 0.321. The molecule has 104 valence electrons. The lowest BCUT2D eigenvalue weighted by atomic mass is 10.4. The number of hydrogen-bond donors (Lipinski definition) is 3. The molecule has 0 aliphatic carbocycles. The second-order valence-corrected chi connectivity index (χ2v) is 5.79. The summed E-state index contributed by atoms with van der Waals surface area (Å²) >= 11 is 6.33. The van der Waals surface area contributed by atoms with Crippen LogP contribution in [-0.4, -0.2) is 40.5 Å². The molecule has 0 radical (unpaired) electrons. The van der Waals surface area contributed by atoms with E-state index in [1.54, 1.807) is 0 Å². The molecule has 0 bridgehead atoms. The summed E-state index contributed by atoms with van der Waals surface area (Å²) in [5, 5.41) is 10.9. The van der Waals surface area contributed by atoms with Crippen molar-refractivity contribution in [3.05, 3.63) is 0 Å². The molecule has 0 spiro atoms. The van der Waals surface area contributed by atoms with Crippen LogP contribution in [0, 0.1) is 5.41 Å². The van der Waals surface area contributed by atoms with Gasteiger partial charge in [-0.2, -0.15) is 4.90 Å². The fourth-order valence-corrected chi connectivity index (χ4v) is 1.72. The summed E-state index contributed by atoms with van der Waals surface area (Å²) in [6, 6.07) is -0.760. The molecule has 0 aliphatic heterocycles. The van der Waals surface area contributed by atoms with Gasteiger partial charge in [-0.1, -0.05) is 13.8 Å². The molecule has 0 rings (SSSR count). The summed E-state index contributed by atoms with van der Waals surface area (Å²) in [6.45, 7) is 7.67. The van der Waals surface area contributed by atoms with Crippen molar-refractivity contribution in [1.29, 1.82) is 5.41 Å². The van der Waals surface area contributed by atoms with Gasteiger partial charge in [-0.05, 0) is 38.0 Å². The number of amides is 2. The number of methoxy groups -OCH3 is 1. The summed E-state index contributed by atoms with van der Waals surface area (Å²) in [5.74, 6) is 0. The lowest BCUT2D eigenvalue weighted by molar-refractivity contribution is 0.230. The maximum atomic E-state index is 11.9. The number of carbonyl (C=O) groups is 1. The summed E-state index contributed by atoms with van der Waals surface area (Å²) in [6.07, 6.45) is 0. The molecule has 0 heterocycles. The van der Waals surface area contributed by atoms with Crippen LogP contribution in [0.2, 0.25) is 0 Å². The van der Waals surface area contributed by atoms with Gasteiger partial charge in [0.05, 0.1) is 7.11 Å². The average molecular weight is 292 g/mol. The van der Waals surface area contributed by atoms with Crippen LogP contribution in [0.1, 0.15) is 27.7 Å². The Bertz CT molecular complexity index is 321. The average Bonchev–Trinajstić information content (AvgIpc) is 2.25. The second-order valence-electron chi connectivity index (χ2n) is 4.02. The Balaban J connectivity index is 4.72. The molecular weight excluding hydrogens is 272 g/mol. The van der Waals surface area contributed by atoms with Gasteiger partial charge >= 0.3 is 6.03 Å². The van der Waals surface area contributed by atoms with E-state index >= 15 is 0 Å². The molecule has 0 atom stereocenters. The molecule has 0 unspecified atom stereocenters. The smallest absolute Gasteiger partial charge is 0.341 e. The van der Waals surface area contributed by atoms with Crippen LogP contribution < -0.4 is 10.0 Å². The molecule has 3 N–H and O–H groups in total. The number of urea groups is 1. The van der Waals surface area contributed by atoms with E-state index in [1.807, 2.05) is 27.7 Å². The summed E-state index contributed by atoms with van der Waals surface area (Å²) < 4.78 is 7.36. The molecule has 0 fully saturated rings. The predicted molar refractivity (Wildman–Crippen MR) is 78.7 cm³/mol. The van der Waals surface area contributed by atoms with Crippen molar-refractivity contribution in [1.82, 2.24) is 14.9 Å². The highest BCUT2D eigenvalue weighted by Crippen LogP contribution is 2.06. The third kappa shape index (κ3) is 6.06. The predicted octanol–water partition coefficient (Wildman–Crippen LogP) is 1.92. The van der Waals surface area contributed by atoms with E-state index in [4.69, 9.17) is 22.4 Å². The first-order chi connectivity index (χ1) is 8.29. The molecule has 8 heteroatoms. The van der Waals surface area contributed by atoms with Crippen molar-refractivity contribution in [3.63, 3.8) is 0 Å². The molecule has 0 saturated carbocycles. The van der Waals surface area contributed by atoms with E-state index in [9.17, 15) is 4.79 Å². The van der Waals surface area contributed by atoms with Crippen molar-refractivity contribution in [3.8, 4) is 0 Å². The van der Waals surface area contributed by atoms with Gasteiger partial charge in [0.25, 0.3) is 6.02 Å². The molecule has 0 aromatic rings. The first-order valence-electron chi connectivity index (χ1n) is 5.48. The van der Waals surface area contributed by atoms with Gasteiger partial charge in [0.15, 0.2) is 5.11 Å². The van der Waals surface area contributed by atoms with Crippen molar-refractivity contribution in [2.45, 2.75) is 39.0 Å². The van der Waals surface area contributed by atoms with Crippen LogP contribution >= 0.6 is 24.2 Å².